The number of carbonyl (C=O) groups is 1. The average Bonchev–Trinajstić information content (AvgIpc) is 2.69. The molecule has 0 heterocycles. The fourth-order valence-corrected chi connectivity index (χ4v) is 3.75. The van der Waals surface area contributed by atoms with E-state index in [0.717, 1.165) is 15.0 Å². The Morgan fingerprint density at radius 2 is 1.59 bits per heavy atom. The summed E-state index contributed by atoms with van der Waals surface area (Å²) in [5.41, 5.74) is 1.11. The van der Waals surface area contributed by atoms with E-state index in [2.05, 4.69) is 21.2 Å². The zero-order chi connectivity index (χ0) is 21.6. The van der Waals surface area contributed by atoms with Gasteiger partial charge in [-0.1, -0.05) is 15.9 Å². The van der Waals surface area contributed by atoms with Gasteiger partial charge in [0.2, 0.25) is 21.7 Å². The molecule has 158 valence electrons. The Labute approximate surface area is 178 Å². The van der Waals surface area contributed by atoms with E-state index in [1.54, 1.807) is 36.4 Å². The summed E-state index contributed by atoms with van der Waals surface area (Å²) in [6.45, 7) is -0.182. The number of nitrogens with zero attached hydrogens (tertiary/aromatic N) is 1. The van der Waals surface area contributed by atoms with Crippen LogP contribution in [0.25, 0.3) is 0 Å². The van der Waals surface area contributed by atoms with E-state index in [1.807, 2.05) is 0 Å². The maximum absolute atomic E-state index is 12.4. The van der Waals surface area contributed by atoms with E-state index in [1.165, 1.54) is 21.3 Å². The number of nitrogens with one attached hydrogen (secondary N) is 1. The standard InChI is InChI=1S/C19H23BrN2O6S/c1-26-16-9-13(10-17(27-2)19(16)28-3)11-21-18(23)12-22(29(4,24)25)15-7-5-14(20)6-8-15/h5-10H,11-12H2,1-4H3,(H,21,23). The van der Waals surface area contributed by atoms with Gasteiger partial charge in [-0.25, -0.2) is 8.42 Å². The number of methoxy groups -OCH3 is 3. The molecular formula is C19H23BrN2O6S. The molecule has 8 nitrogen and oxygen atoms in total. The third kappa shape index (κ3) is 6.01. The molecule has 0 aliphatic rings. The highest BCUT2D eigenvalue weighted by atomic mass is 79.9. The number of sulfonamides is 1. The lowest BCUT2D eigenvalue weighted by molar-refractivity contribution is -0.119. The number of ether oxygens (including phenoxy) is 3. The molecule has 0 fully saturated rings. The molecule has 0 aromatic heterocycles. The van der Waals surface area contributed by atoms with Gasteiger partial charge in [-0.15, -0.1) is 0 Å². The molecule has 0 saturated carbocycles. The first-order valence-electron chi connectivity index (χ1n) is 8.48. The minimum atomic E-state index is -3.64. The number of carbonyl (C=O) groups excluding carboxylic acids is 1. The van der Waals surface area contributed by atoms with E-state index in [-0.39, 0.29) is 13.1 Å². The highest BCUT2D eigenvalue weighted by Gasteiger charge is 2.21. The van der Waals surface area contributed by atoms with Gasteiger partial charge < -0.3 is 19.5 Å². The molecule has 0 atom stereocenters. The zero-order valence-corrected chi connectivity index (χ0v) is 19.0. The molecule has 2 aromatic carbocycles. The highest BCUT2D eigenvalue weighted by Crippen LogP contribution is 2.38. The summed E-state index contributed by atoms with van der Waals surface area (Å²) in [5, 5.41) is 2.72. The summed E-state index contributed by atoms with van der Waals surface area (Å²) in [4.78, 5) is 12.4. The average molecular weight is 487 g/mol. The molecule has 0 saturated heterocycles. The van der Waals surface area contributed by atoms with Gasteiger partial charge in [0, 0.05) is 11.0 Å². The summed E-state index contributed by atoms with van der Waals surface area (Å²) in [6, 6.07) is 10.1. The number of amides is 1. The minimum Gasteiger partial charge on any atom is -0.493 e. The van der Waals surface area contributed by atoms with Crippen molar-refractivity contribution in [2.75, 3.05) is 38.4 Å². The fourth-order valence-electron chi connectivity index (χ4n) is 2.63. The molecule has 0 bridgehead atoms. The Bertz CT molecular complexity index is 938. The van der Waals surface area contributed by atoms with Gasteiger partial charge in [-0.3, -0.25) is 9.10 Å². The number of halogens is 1. The first-order chi connectivity index (χ1) is 13.7. The van der Waals surface area contributed by atoms with Crippen molar-refractivity contribution in [1.29, 1.82) is 0 Å². The Morgan fingerprint density at radius 3 is 2.03 bits per heavy atom. The third-order valence-electron chi connectivity index (χ3n) is 4.02. The zero-order valence-electron chi connectivity index (χ0n) is 16.6. The Balaban J connectivity index is 2.14. The van der Waals surface area contributed by atoms with Gasteiger partial charge in [0.05, 0.1) is 33.3 Å². The van der Waals surface area contributed by atoms with Crippen LogP contribution >= 0.6 is 15.9 Å². The molecule has 1 amide bonds. The molecule has 0 radical (unpaired) electrons. The predicted octanol–water partition coefficient (Wildman–Crippen LogP) is 2.56. The number of rotatable bonds is 9. The quantitative estimate of drug-likeness (QED) is 0.585. The molecule has 0 aliphatic carbocycles. The van der Waals surface area contributed by atoms with Crippen molar-refractivity contribution in [2.24, 2.45) is 0 Å². The number of hydrogen-bond donors (Lipinski definition) is 1. The first kappa shape index (κ1) is 22.8. The lowest BCUT2D eigenvalue weighted by atomic mass is 10.1. The lowest BCUT2D eigenvalue weighted by Crippen LogP contribution is -2.40. The van der Waals surface area contributed by atoms with E-state index in [4.69, 9.17) is 14.2 Å². The van der Waals surface area contributed by atoms with Crippen LogP contribution in [0.2, 0.25) is 0 Å². The van der Waals surface area contributed by atoms with Crippen LogP contribution in [0.4, 0.5) is 5.69 Å². The van der Waals surface area contributed by atoms with Crippen LogP contribution in [0, 0.1) is 0 Å². The van der Waals surface area contributed by atoms with Gasteiger partial charge in [0.25, 0.3) is 0 Å². The van der Waals surface area contributed by atoms with Crippen LogP contribution < -0.4 is 23.8 Å². The van der Waals surface area contributed by atoms with Crippen LogP contribution in [0.3, 0.4) is 0 Å². The van der Waals surface area contributed by atoms with Crippen molar-refractivity contribution < 1.29 is 27.4 Å². The molecule has 2 aromatic rings. The van der Waals surface area contributed by atoms with E-state index >= 15 is 0 Å². The summed E-state index contributed by atoms with van der Waals surface area (Å²) < 4.78 is 42.0. The van der Waals surface area contributed by atoms with E-state index in [0.29, 0.717) is 28.5 Å². The van der Waals surface area contributed by atoms with Gasteiger partial charge in [0.15, 0.2) is 11.5 Å². The highest BCUT2D eigenvalue weighted by molar-refractivity contribution is 9.10. The molecule has 29 heavy (non-hydrogen) atoms. The SMILES string of the molecule is COc1cc(CNC(=O)CN(c2ccc(Br)cc2)S(C)(=O)=O)cc(OC)c1OC. The molecule has 0 unspecified atom stereocenters. The Kier molecular flexibility index (Phi) is 7.74. The number of anilines is 1. The van der Waals surface area contributed by atoms with Crippen molar-refractivity contribution in [3.05, 3.63) is 46.4 Å². The third-order valence-corrected chi connectivity index (χ3v) is 5.69. The largest absolute Gasteiger partial charge is 0.493 e. The molecule has 1 N–H and O–H groups in total. The first-order valence-corrected chi connectivity index (χ1v) is 11.1. The molecule has 2 rings (SSSR count). The predicted molar refractivity (Wildman–Crippen MR) is 114 cm³/mol. The molecule has 10 heteroatoms. The van der Waals surface area contributed by atoms with Crippen molar-refractivity contribution in [3.63, 3.8) is 0 Å². The van der Waals surface area contributed by atoms with Crippen LogP contribution in [0.1, 0.15) is 5.56 Å². The van der Waals surface area contributed by atoms with Gasteiger partial charge in [0.1, 0.15) is 6.54 Å². The molecule has 0 spiro atoms. The maximum atomic E-state index is 12.4. The summed E-state index contributed by atoms with van der Waals surface area (Å²) in [6.07, 6.45) is 1.06. The van der Waals surface area contributed by atoms with Crippen LogP contribution in [0.5, 0.6) is 17.2 Å². The second-order valence-corrected chi connectivity index (χ2v) is 8.88. The van der Waals surface area contributed by atoms with Crippen molar-refractivity contribution in [1.82, 2.24) is 5.32 Å². The van der Waals surface area contributed by atoms with E-state index < -0.39 is 15.9 Å². The maximum Gasteiger partial charge on any atom is 0.241 e. The summed E-state index contributed by atoms with van der Waals surface area (Å²) in [5.74, 6) is 0.920. The summed E-state index contributed by atoms with van der Waals surface area (Å²) in [7, 11) is 0.869. The summed E-state index contributed by atoms with van der Waals surface area (Å²) >= 11 is 3.30. The minimum absolute atomic E-state index is 0.160. The normalized spacial score (nSPS) is 10.9. The van der Waals surface area contributed by atoms with Gasteiger partial charge >= 0.3 is 0 Å². The second kappa shape index (κ2) is 9.84. The molecular weight excluding hydrogens is 464 g/mol. The van der Waals surface area contributed by atoms with E-state index in [9.17, 15) is 13.2 Å². The van der Waals surface area contributed by atoms with Crippen LogP contribution in [-0.2, 0) is 21.4 Å². The monoisotopic (exact) mass is 486 g/mol. The Hall–Kier alpha value is -2.46. The number of hydrogen-bond acceptors (Lipinski definition) is 6. The smallest absolute Gasteiger partial charge is 0.241 e. The topological polar surface area (TPSA) is 94.2 Å². The number of benzene rings is 2. The fraction of sp³-hybridized carbons (Fsp3) is 0.316. The lowest BCUT2D eigenvalue weighted by Gasteiger charge is -2.22. The van der Waals surface area contributed by atoms with Gasteiger partial charge in [-0.05, 0) is 42.0 Å². The van der Waals surface area contributed by atoms with Crippen molar-refractivity contribution in [3.8, 4) is 17.2 Å². The Morgan fingerprint density at radius 1 is 1.03 bits per heavy atom. The van der Waals surface area contributed by atoms with Crippen LogP contribution in [0.15, 0.2) is 40.9 Å². The van der Waals surface area contributed by atoms with Crippen molar-refractivity contribution in [2.45, 2.75) is 6.54 Å². The van der Waals surface area contributed by atoms with Crippen LogP contribution in [-0.4, -0.2) is 48.5 Å². The van der Waals surface area contributed by atoms with Crippen molar-refractivity contribution >= 4 is 37.5 Å². The second-order valence-electron chi connectivity index (χ2n) is 6.06. The molecule has 0 aliphatic heterocycles. The van der Waals surface area contributed by atoms with Gasteiger partial charge in [-0.2, -0.15) is 0 Å².